The molecule has 0 aliphatic rings. The number of nitrogens with zero attached hydrogens (tertiary/aromatic N) is 2. The van der Waals surface area contributed by atoms with Crippen molar-refractivity contribution in [3.05, 3.63) is 23.8 Å². The van der Waals surface area contributed by atoms with Crippen LogP contribution in [0.25, 0.3) is 0 Å². The number of primary amides is 1. The molecule has 0 unspecified atom stereocenters. The van der Waals surface area contributed by atoms with Crippen molar-refractivity contribution in [2.75, 3.05) is 0 Å². The van der Waals surface area contributed by atoms with Crippen molar-refractivity contribution in [2.24, 2.45) is 5.73 Å². The molecule has 4 nitrogen and oxygen atoms in total. The minimum atomic E-state index is -0.520. The summed E-state index contributed by atoms with van der Waals surface area (Å²) in [5.41, 5.74) is 6.09. The zero-order valence-electron chi connectivity index (χ0n) is 8.03. The van der Waals surface area contributed by atoms with Gasteiger partial charge in [0.25, 0.3) is 5.91 Å². The zero-order valence-corrected chi connectivity index (χ0v) is 8.03. The van der Waals surface area contributed by atoms with Crippen LogP contribution in [0.3, 0.4) is 0 Å². The molecule has 1 rings (SSSR count). The van der Waals surface area contributed by atoms with E-state index in [-0.39, 0.29) is 11.1 Å². The number of amides is 1. The lowest BCUT2D eigenvalue weighted by Crippen LogP contribution is -2.18. The van der Waals surface area contributed by atoms with E-state index in [1.165, 1.54) is 6.33 Å². The minimum absolute atomic E-state index is 0.0901. The molecule has 1 aromatic heterocycles. The van der Waals surface area contributed by atoms with Crippen molar-refractivity contribution in [3.8, 4) is 0 Å². The molecule has 0 aromatic carbocycles. The van der Waals surface area contributed by atoms with E-state index < -0.39 is 5.91 Å². The summed E-state index contributed by atoms with van der Waals surface area (Å²) >= 11 is 0. The maximum Gasteiger partial charge on any atom is 0.267 e. The predicted molar refractivity (Wildman–Crippen MR) is 49.2 cm³/mol. The first kappa shape index (κ1) is 9.64. The van der Waals surface area contributed by atoms with Gasteiger partial charge in [-0.25, -0.2) is 9.97 Å². The predicted octanol–water partition coefficient (Wildman–Crippen LogP) is 0.873. The highest BCUT2D eigenvalue weighted by atomic mass is 16.1. The summed E-state index contributed by atoms with van der Waals surface area (Å²) in [5, 5.41) is 0. The number of carbonyl (C=O) groups is 1. The first-order valence-corrected chi connectivity index (χ1v) is 4.03. The van der Waals surface area contributed by atoms with Crippen molar-refractivity contribution >= 4 is 5.91 Å². The van der Waals surface area contributed by atoms with E-state index in [2.05, 4.69) is 9.97 Å². The summed E-state index contributed by atoms with van der Waals surface area (Å²) in [6.07, 6.45) is 1.36. The van der Waals surface area contributed by atoms with Gasteiger partial charge < -0.3 is 5.73 Å². The summed E-state index contributed by atoms with van der Waals surface area (Å²) in [6.45, 7) is 6.04. The fourth-order valence-electron chi connectivity index (χ4n) is 0.902. The fourth-order valence-corrected chi connectivity index (χ4v) is 0.902. The topological polar surface area (TPSA) is 68.9 Å². The number of nitrogens with two attached hydrogens (primary N) is 1. The molecule has 0 saturated carbocycles. The van der Waals surface area contributed by atoms with Crippen molar-refractivity contribution in [2.45, 2.75) is 26.2 Å². The van der Waals surface area contributed by atoms with Crippen LogP contribution >= 0.6 is 0 Å². The lowest BCUT2D eigenvalue weighted by molar-refractivity contribution is 0.0995. The van der Waals surface area contributed by atoms with Crippen LogP contribution in [-0.2, 0) is 5.41 Å². The standard InChI is InChI=1S/C9H13N3O/c1-9(2,3)7-4-6(8(10)13)11-5-12-7/h4-5H,1-3H3,(H2,10,13). The Balaban J connectivity index is 3.13. The number of rotatable bonds is 1. The second kappa shape index (κ2) is 3.12. The molecule has 1 heterocycles. The molecule has 0 aliphatic heterocycles. The summed E-state index contributed by atoms with van der Waals surface area (Å²) < 4.78 is 0. The van der Waals surface area contributed by atoms with Crippen LogP contribution in [0.2, 0.25) is 0 Å². The lowest BCUT2D eigenvalue weighted by Gasteiger charge is -2.17. The van der Waals surface area contributed by atoms with Gasteiger partial charge >= 0.3 is 0 Å². The summed E-state index contributed by atoms with van der Waals surface area (Å²) in [6, 6.07) is 1.63. The number of aromatic nitrogens is 2. The molecule has 0 atom stereocenters. The molecular weight excluding hydrogens is 166 g/mol. The quantitative estimate of drug-likeness (QED) is 0.695. The highest BCUT2D eigenvalue weighted by molar-refractivity contribution is 5.90. The third kappa shape index (κ3) is 2.24. The van der Waals surface area contributed by atoms with E-state index in [1.54, 1.807) is 6.07 Å². The second-order valence-electron chi connectivity index (χ2n) is 3.90. The summed E-state index contributed by atoms with van der Waals surface area (Å²) in [5.74, 6) is -0.520. The Hall–Kier alpha value is -1.45. The third-order valence-electron chi connectivity index (χ3n) is 1.69. The van der Waals surface area contributed by atoms with E-state index in [0.29, 0.717) is 0 Å². The molecule has 70 valence electrons. The zero-order chi connectivity index (χ0) is 10.1. The van der Waals surface area contributed by atoms with Gasteiger partial charge in [0.1, 0.15) is 12.0 Å². The molecular formula is C9H13N3O. The SMILES string of the molecule is CC(C)(C)c1cc(C(N)=O)ncn1. The Morgan fingerprint density at radius 3 is 2.46 bits per heavy atom. The second-order valence-corrected chi connectivity index (χ2v) is 3.90. The van der Waals surface area contributed by atoms with Crippen molar-refractivity contribution in [1.29, 1.82) is 0 Å². The number of carbonyl (C=O) groups excluding carboxylic acids is 1. The summed E-state index contributed by atoms with van der Waals surface area (Å²) in [4.78, 5) is 18.7. The molecule has 2 N–H and O–H groups in total. The molecule has 1 amide bonds. The molecule has 0 saturated heterocycles. The van der Waals surface area contributed by atoms with Gasteiger partial charge in [-0.2, -0.15) is 0 Å². The van der Waals surface area contributed by atoms with E-state index in [4.69, 9.17) is 5.73 Å². The van der Waals surface area contributed by atoms with Crippen LogP contribution in [0.1, 0.15) is 37.0 Å². The van der Waals surface area contributed by atoms with Gasteiger partial charge in [0.15, 0.2) is 0 Å². The van der Waals surface area contributed by atoms with Gasteiger partial charge in [-0.15, -0.1) is 0 Å². The Bertz CT molecular complexity index is 328. The van der Waals surface area contributed by atoms with Crippen LogP contribution in [0.5, 0.6) is 0 Å². The van der Waals surface area contributed by atoms with Crippen molar-refractivity contribution in [1.82, 2.24) is 9.97 Å². The van der Waals surface area contributed by atoms with Crippen molar-refractivity contribution in [3.63, 3.8) is 0 Å². The van der Waals surface area contributed by atoms with Crippen LogP contribution in [0.15, 0.2) is 12.4 Å². The highest BCUT2D eigenvalue weighted by Gasteiger charge is 2.16. The number of hydrogen-bond acceptors (Lipinski definition) is 3. The van der Waals surface area contributed by atoms with Crippen LogP contribution in [-0.4, -0.2) is 15.9 Å². The van der Waals surface area contributed by atoms with Gasteiger partial charge in [0.2, 0.25) is 0 Å². The van der Waals surface area contributed by atoms with Gasteiger partial charge in [-0.05, 0) is 6.07 Å². The molecule has 13 heavy (non-hydrogen) atoms. The Kier molecular flexibility index (Phi) is 2.32. The molecule has 0 bridgehead atoms. The Morgan fingerprint density at radius 2 is 2.00 bits per heavy atom. The molecule has 0 fully saturated rings. The van der Waals surface area contributed by atoms with E-state index in [9.17, 15) is 4.79 Å². The van der Waals surface area contributed by atoms with E-state index in [1.807, 2.05) is 20.8 Å². The summed E-state index contributed by atoms with van der Waals surface area (Å²) in [7, 11) is 0. The smallest absolute Gasteiger partial charge is 0.267 e. The lowest BCUT2D eigenvalue weighted by atomic mass is 9.91. The third-order valence-corrected chi connectivity index (χ3v) is 1.69. The largest absolute Gasteiger partial charge is 0.364 e. The molecule has 1 aromatic rings. The van der Waals surface area contributed by atoms with Crippen molar-refractivity contribution < 1.29 is 4.79 Å². The maximum atomic E-state index is 10.8. The average molecular weight is 179 g/mol. The average Bonchev–Trinajstić information content (AvgIpc) is 2.03. The monoisotopic (exact) mass is 179 g/mol. The first-order valence-electron chi connectivity index (χ1n) is 4.03. The molecule has 4 heteroatoms. The van der Waals surface area contributed by atoms with Crippen LogP contribution in [0, 0.1) is 0 Å². The molecule has 0 aliphatic carbocycles. The molecule has 0 radical (unpaired) electrons. The normalized spacial score (nSPS) is 11.3. The number of hydrogen-bond donors (Lipinski definition) is 1. The van der Waals surface area contributed by atoms with Crippen LogP contribution in [0.4, 0.5) is 0 Å². The van der Waals surface area contributed by atoms with Gasteiger partial charge in [0.05, 0.1) is 0 Å². The van der Waals surface area contributed by atoms with Gasteiger partial charge in [-0.1, -0.05) is 20.8 Å². The Morgan fingerprint density at radius 1 is 1.38 bits per heavy atom. The molecule has 0 spiro atoms. The van der Waals surface area contributed by atoms with E-state index >= 15 is 0 Å². The van der Waals surface area contributed by atoms with E-state index in [0.717, 1.165) is 5.69 Å². The highest BCUT2D eigenvalue weighted by Crippen LogP contribution is 2.19. The minimum Gasteiger partial charge on any atom is -0.364 e. The van der Waals surface area contributed by atoms with Gasteiger partial charge in [0, 0.05) is 11.1 Å². The first-order chi connectivity index (χ1) is 5.91. The Labute approximate surface area is 77.2 Å². The maximum absolute atomic E-state index is 10.8. The fraction of sp³-hybridized carbons (Fsp3) is 0.444. The van der Waals surface area contributed by atoms with Gasteiger partial charge in [-0.3, -0.25) is 4.79 Å². The van der Waals surface area contributed by atoms with Crippen LogP contribution < -0.4 is 5.73 Å².